The second-order valence-corrected chi connectivity index (χ2v) is 12.9. The first-order valence-electron chi connectivity index (χ1n) is 13.6. The van der Waals surface area contributed by atoms with Gasteiger partial charge in [-0.3, -0.25) is 24.8 Å². The van der Waals surface area contributed by atoms with Crippen molar-refractivity contribution in [1.29, 1.82) is 0 Å². The van der Waals surface area contributed by atoms with Crippen LogP contribution in [-0.2, 0) is 24.3 Å². The van der Waals surface area contributed by atoms with Crippen molar-refractivity contribution in [3.8, 4) is 5.75 Å². The molecule has 2 spiro atoms. The fraction of sp³-hybridized carbons (Fsp3) is 0.379. The third-order valence-electron chi connectivity index (χ3n) is 8.45. The second-order valence-electron chi connectivity index (χ2n) is 11.0. The van der Waals surface area contributed by atoms with Gasteiger partial charge >= 0.3 is 6.03 Å². The molecule has 13 heteroatoms. The third-order valence-corrected chi connectivity index (χ3v) is 10.0. The number of hydrogen-bond acceptors (Lipinski definition) is 8. The molecule has 12 nitrogen and oxygen atoms in total. The van der Waals surface area contributed by atoms with Crippen LogP contribution in [0, 0.1) is 13.8 Å². The van der Waals surface area contributed by atoms with E-state index in [1.807, 2.05) is 26.0 Å². The molecule has 4 heterocycles. The molecule has 0 radical (unpaired) electrons. The molecule has 4 aliphatic heterocycles. The van der Waals surface area contributed by atoms with Gasteiger partial charge in [0.25, 0.3) is 11.8 Å². The number of ether oxygens (including phenoxy) is 2. The van der Waals surface area contributed by atoms with Crippen LogP contribution >= 0.6 is 0 Å². The van der Waals surface area contributed by atoms with Crippen molar-refractivity contribution in [2.24, 2.45) is 4.99 Å². The van der Waals surface area contributed by atoms with Gasteiger partial charge in [0.1, 0.15) is 17.1 Å². The molecule has 6 rings (SSSR count). The lowest BCUT2D eigenvalue weighted by atomic mass is 9.89. The van der Waals surface area contributed by atoms with Gasteiger partial charge in [-0.2, -0.15) is 4.31 Å². The van der Waals surface area contributed by atoms with Gasteiger partial charge in [-0.15, -0.1) is 0 Å². The van der Waals surface area contributed by atoms with Gasteiger partial charge in [-0.05, 0) is 85.9 Å². The average molecular weight is 594 g/mol. The Morgan fingerprint density at radius 2 is 1.62 bits per heavy atom. The molecular weight excluding hydrogens is 562 g/mol. The maximum absolute atomic E-state index is 13.3. The molecule has 2 aromatic carbocycles. The highest BCUT2D eigenvalue weighted by molar-refractivity contribution is 7.92. The van der Waals surface area contributed by atoms with Crippen LogP contribution in [0.15, 0.2) is 46.8 Å². The Hall–Kier alpha value is -4.07. The standard InChI is InChI=1S/C29H31N5O7S/c1-18-14-21(34-27(37)31-26(36)29(34)16-41-17-29)15-19(2)23(18)8-13-42(38,39)33-11-9-28(10-12-33)25(35)30-24(32-28)20-4-6-22(40-3)7-5-20/h4-8,13-15H,9-12,16-17H2,1-3H3,(H,30,32,35)(H,31,36,37)/b13-8+. The first kappa shape index (κ1) is 28.1. The number of piperidine rings is 1. The Morgan fingerprint density at radius 1 is 0.976 bits per heavy atom. The van der Waals surface area contributed by atoms with E-state index >= 15 is 0 Å². The number of rotatable bonds is 6. The Balaban J connectivity index is 1.16. The van der Waals surface area contributed by atoms with Crippen molar-refractivity contribution >= 4 is 45.5 Å². The molecule has 220 valence electrons. The van der Waals surface area contributed by atoms with E-state index in [-0.39, 0.29) is 51.0 Å². The van der Waals surface area contributed by atoms with E-state index in [9.17, 15) is 22.8 Å². The highest BCUT2D eigenvalue weighted by atomic mass is 32.2. The number of imide groups is 1. The van der Waals surface area contributed by atoms with Gasteiger partial charge < -0.3 is 14.8 Å². The SMILES string of the molecule is COc1ccc(C2=NC3(CCN(S(=O)(=O)/C=C/c4c(C)cc(N5C(=O)NC(=O)C56COC6)cc4C)CC3)C(=O)N2)cc1. The largest absolute Gasteiger partial charge is 0.497 e. The molecule has 42 heavy (non-hydrogen) atoms. The normalized spacial score (nSPS) is 21.5. The quantitative estimate of drug-likeness (QED) is 0.486. The lowest BCUT2D eigenvalue weighted by Gasteiger charge is -2.41. The van der Waals surface area contributed by atoms with E-state index in [1.165, 1.54) is 14.6 Å². The summed E-state index contributed by atoms with van der Waals surface area (Å²) in [5.41, 5.74) is 1.45. The molecule has 4 amide bonds. The van der Waals surface area contributed by atoms with Crippen LogP contribution in [0.3, 0.4) is 0 Å². The number of methoxy groups -OCH3 is 1. The fourth-order valence-corrected chi connectivity index (χ4v) is 7.09. The van der Waals surface area contributed by atoms with E-state index in [2.05, 4.69) is 10.6 Å². The van der Waals surface area contributed by atoms with E-state index in [0.29, 0.717) is 22.8 Å². The fourth-order valence-electron chi connectivity index (χ4n) is 5.92. The van der Waals surface area contributed by atoms with Crippen molar-refractivity contribution < 1.29 is 32.3 Å². The number of anilines is 1. The molecule has 0 atom stereocenters. The summed E-state index contributed by atoms with van der Waals surface area (Å²) in [7, 11) is -2.21. The smallest absolute Gasteiger partial charge is 0.329 e. The summed E-state index contributed by atoms with van der Waals surface area (Å²) in [6, 6.07) is 10.2. The molecule has 0 unspecified atom stereocenters. The minimum absolute atomic E-state index is 0.120. The zero-order valence-electron chi connectivity index (χ0n) is 23.5. The van der Waals surface area contributed by atoms with E-state index < -0.39 is 27.1 Å². The number of carbonyl (C=O) groups excluding carboxylic acids is 3. The summed E-state index contributed by atoms with van der Waals surface area (Å²) in [6.45, 7) is 4.19. The first-order valence-corrected chi connectivity index (χ1v) is 15.1. The van der Waals surface area contributed by atoms with E-state index in [1.54, 1.807) is 37.5 Å². The first-order chi connectivity index (χ1) is 20.0. The maximum Gasteiger partial charge on any atom is 0.329 e. The number of benzene rings is 2. The van der Waals surface area contributed by atoms with Crippen molar-refractivity contribution in [1.82, 2.24) is 14.9 Å². The van der Waals surface area contributed by atoms with Crippen LogP contribution in [-0.4, -0.2) is 80.9 Å². The summed E-state index contributed by atoms with van der Waals surface area (Å²) in [5, 5.41) is 6.39. The Morgan fingerprint density at radius 3 is 2.19 bits per heavy atom. The van der Waals surface area contributed by atoms with Gasteiger partial charge in [0, 0.05) is 29.7 Å². The Kier molecular flexibility index (Phi) is 6.71. The number of amidine groups is 1. The van der Waals surface area contributed by atoms with E-state index in [4.69, 9.17) is 14.5 Å². The van der Waals surface area contributed by atoms with Crippen molar-refractivity contribution in [2.45, 2.75) is 37.8 Å². The number of hydrogen-bond donors (Lipinski definition) is 2. The highest BCUT2D eigenvalue weighted by Crippen LogP contribution is 2.37. The Bertz CT molecular complexity index is 1630. The number of carbonyl (C=O) groups is 3. The number of sulfonamides is 1. The minimum atomic E-state index is -3.78. The number of amides is 4. The van der Waals surface area contributed by atoms with Gasteiger partial charge in [-0.1, -0.05) is 0 Å². The van der Waals surface area contributed by atoms with Crippen molar-refractivity contribution in [2.75, 3.05) is 38.3 Å². The lowest BCUT2D eigenvalue weighted by molar-refractivity contribution is -0.138. The number of nitrogens with one attached hydrogen (secondary N) is 2. The third kappa shape index (κ3) is 4.48. The number of aliphatic imine (C=N–C) groups is 1. The van der Waals surface area contributed by atoms with Crippen molar-refractivity contribution in [3.63, 3.8) is 0 Å². The van der Waals surface area contributed by atoms with Gasteiger partial charge in [0.2, 0.25) is 10.0 Å². The molecule has 2 aromatic rings. The minimum Gasteiger partial charge on any atom is -0.497 e. The van der Waals surface area contributed by atoms with E-state index in [0.717, 1.165) is 16.7 Å². The Labute approximate surface area is 243 Å². The molecule has 3 saturated heterocycles. The predicted octanol–water partition coefficient (Wildman–Crippen LogP) is 1.85. The summed E-state index contributed by atoms with van der Waals surface area (Å²) in [4.78, 5) is 44.0. The van der Waals surface area contributed by atoms with Crippen LogP contribution in [0.4, 0.5) is 10.5 Å². The monoisotopic (exact) mass is 593 g/mol. The summed E-state index contributed by atoms with van der Waals surface area (Å²) >= 11 is 0. The van der Waals surface area contributed by atoms with Gasteiger partial charge in [-0.25, -0.2) is 13.2 Å². The average Bonchev–Trinajstić information content (AvgIpc) is 3.40. The molecule has 0 aliphatic carbocycles. The number of aryl methyl sites for hydroxylation is 2. The zero-order chi connectivity index (χ0) is 29.9. The summed E-state index contributed by atoms with van der Waals surface area (Å²) in [6.07, 6.45) is 2.08. The lowest BCUT2D eigenvalue weighted by Crippen LogP contribution is -2.64. The van der Waals surface area contributed by atoms with Crippen LogP contribution in [0.2, 0.25) is 0 Å². The molecule has 2 N–H and O–H groups in total. The van der Waals surface area contributed by atoms with Crippen molar-refractivity contribution in [3.05, 3.63) is 64.1 Å². The van der Waals surface area contributed by atoms with Gasteiger partial charge in [0.15, 0.2) is 5.54 Å². The molecule has 3 fully saturated rings. The predicted molar refractivity (Wildman–Crippen MR) is 155 cm³/mol. The summed E-state index contributed by atoms with van der Waals surface area (Å²) < 4.78 is 38.4. The second kappa shape index (κ2) is 10.0. The molecule has 0 aromatic heterocycles. The maximum atomic E-state index is 13.3. The summed E-state index contributed by atoms with van der Waals surface area (Å²) in [5.74, 6) is 0.555. The molecule has 4 aliphatic rings. The number of nitrogens with zero attached hydrogens (tertiary/aromatic N) is 3. The van der Waals surface area contributed by atoms with Crippen LogP contribution < -0.4 is 20.3 Å². The van der Waals surface area contributed by atoms with Crippen LogP contribution in [0.5, 0.6) is 5.75 Å². The molecule has 0 bridgehead atoms. The molecule has 0 saturated carbocycles. The van der Waals surface area contributed by atoms with Crippen LogP contribution in [0.1, 0.15) is 35.1 Å². The number of urea groups is 1. The topological polar surface area (TPSA) is 147 Å². The highest BCUT2D eigenvalue weighted by Gasteiger charge is 2.59. The zero-order valence-corrected chi connectivity index (χ0v) is 24.3. The van der Waals surface area contributed by atoms with Gasteiger partial charge in [0.05, 0.1) is 20.3 Å². The van der Waals surface area contributed by atoms with Crippen LogP contribution in [0.25, 0.3) is 6.08 Å². The molecular formula is C29H31N5O7S.